The first kappa shape index (κ1) is 13.6. The van der Waals surface area contributed by atoms with Crippen molar-refractivity contribution in [3.8, 4) is 0 Å². The van der Waals surface area contributed by atoms with Crippen molar-refractivity contribution in [1.29, 1.82) is 0 Å². The zero-order valence-corrected chi connectivity index (χ0v) is 12.6. The normalized spacial score (nSPS) is 22.2. The van der Waals surface area contributed by atoms with E-state index in [1.165, 1.54) is 30.7 Å². The van der Waals surface area contributed by atoms with Gasteiger partial charge in [0.2, 0.25) is 0 Å². The lowest BCUT2D eigenvalue weighted by atomic mass is 10.0. The molecule has 20 heavy (non-hydrogen) atoms. The highest BCUT2D eigenvalue weighted by atomic mass is 15.2. The Hall–Kier alpha value is -1.39. The van der Waals surface area contributed by atoms with Gasteiger partial charge in [-0.15, -0.1) is 0 Å². The van der Waals surface area contributed by atoms with Gasteiger partial charge in [-0.1, -0.05) is 12.1 Å². The molecule has 1 aromatic carbocycles. The van der Waals surface area contributed by atoms with Gasteiger partial charge in [0.25, 0.3) is 0 Å². The summed E-state index contributed by atoms with van der Waals surface area (Å²) in [7, 11) is 4.19. The molecule has 1 aromatic heterocycles. The average Bonchev–Trinajstić information content (AvgIpc) is 2.84. The van der Waals surface area contributed by atoms with Crippen molar-refractivity contribution < 1.29 is 0 Å². The zero-order chi connectivity index (χ0) is 14.1. The van der Waals surface area contributed by atoms with Crippen LogP contribution in [0.3, 0.4) is 0 Å². The number of likely N-dealkylation sites (N-methyl/N-ethyl adjacent to an activating group) is 1. The Labute approximate surface area is 120 Å². The van der Waals surface area contributed by atoms with Crippen LogP contribution in [0.4, 0.5) is 0 Å². The summed E-state index contributed by atoms with van der Waals surface area (Å²) in [6, 6.07) is 9.35. The highest BCUT2D eigenvalue weighted by Crippen LogP contribution is 2.26. The third-order valence-corrected chi connectivity index (χ3v) is 4.60. The van der Waals surface area contributed by atoms with E-state index in [4.69, 9.17) is 4.98 Å². The third kappa shape index (κ3) is 2.34. The van der Waals surface area contributed by atoms with Crippen molar-refractivity contribution in [2.45, 2.75) is 31.8 Å². The number of likely N-dealkylation sites (tertiary alicyclic amines) is 1. The number of aryl methyl sites for hydroxylation is 1. The van der Waals surface area contributed by atoms with Gasteiger partial charge in [0.15, 0.2) is 0 Å². The van der Waals surface area contributed by atoms with Crippen LogP contribution >= 0.6 is 0 Å². The van der Waals surface area contributed by atoms with E-state index >= 15 is 0 Å². The maximum absolute atomic E-state index is 4.84. The molecule has 108 valence electrons. The van der Waals surface area contributed by atoms with E-state index in [-0.39, 0.29) is 0 Å². The number of hydrogen-bond acceptors (Lipinski definition) is 3. The van der Waals surface area contributed by atoms with Gasteiger partial charge in [-0.05, 0) is 45.5 Å². The second kappa shape index (κ2) is 5.54. The summed E-state index contributed by atoms with van der Waals surface area (Å²) < 4.78 is 2.24. The molecule has 4 heteroatoms. The maximum Gasteiger partial charge on any atom is 0.126 e. The van der Waals surface area contributed by atoms with E-state index in [9.17, 15) is 0 Å². The number of nitrogens with one attached hydrogen (secondary N) is 1. The van der Waals surface area contributed by atoms with Crippen LogP contribution in [-0.4, -0.2) is 40.6 Å². The Morgan fingerprint density at radius 1 is 1.35 bits per heavy atom. The molecule has 0 spiro atoms. The summed E-state index contributed by atoms with van der Waals surface area (Å²) in [6.07, 6.45) is 2.54. The summed E-state index contributed by atoms with van der Waals surface area (Å²) in [5, 5.41) is 3.41. The zero-order valence-electron chi connectivity index (χ0n) is 12.6. The molecule has 2 atom stereocenters. The van der Waals surface area contributed by atoms with Crippen LogP contribution < -0.4 is 5.32 Å². The monoisotopic (exact) mass is 272 g/mol. The van der Waals surface area contributed by atoms with Crippen LogP contribution in [0.5, 0.6) is 0 Å². The largest absolute Gasteiger partial charge is 0.330 e. The predicted octanol–water partition coefficient (Wildman–Crippen LogP) is 2.32. The number of fused-ring (bicyclic) bond motifs is 1. The summed E-state index contributed by atoms with van der Waals surface area (Å²) in [4.78, 5) is 7.39. The second-order valence-corrected chi connectivity index (χ2v) is 5.82. The first-order valence-electron chi connectivity index (χ1n) is 7.53. The van der Waals surface area contributed by atoms with E-state index in [0.29, 0.717) is 12.1 Å². The third-order valence-electron chi connectivity index (χ3n) is 4.60. The van der Waals surface area contributed by atoms with Crippen LogP contribution in [0.15, 0.2) is 24.3 Å². The van der Waals surface area contributed by atoms with Gasteiger partial charge in [0.05, 0.1) is 17.1 Å². The molecule has 1 N–H and O–H groups in total. The Balaban J connectivity index is 1.88. The van der Waals surface area contributed by atoms with Crippen molar-refractivity contribution in [1.82, 2.24) is 19.8 Å². The SMILES string of the molecule is CNC1CCCN(C(C)c2nc3ccccc3n2C)C1. The molecule has 2 heterocycles. The fraction of sp³-hybridized carbons (Fsp3) is 0.562. The number of rotatable bonds is 3. The Morgan fingerprint density at radius 3 is 2.90 bits per heavy atom. The molecule has 1 fully saturated rings. The van der Waals surface area contributed by atoms with Gasteiger partial charge in [0, 0.05) is 19.6 Å². The molecule has 2 unspecified atom stereocenters. The molecule has 2 aromatic rings. The molecule has 3 rings (SSSR count). The highest BCUT2D eigenvalue weighted by molar-refractivity contribution is 5.75. The fourth-order valence-electron chi connectivity index (χ4n) is 3.29. The van der Waals surface area contributed by atoms with E-state index in [1.54, 1.807) is 0 Å². The first-order valence-corrected chi connectivity index (χ1v) is 7.53. The number of para-hydroxylation sites is 2. The minimum atomic E-state index is 0.364. The maximum atomic E-state index is 4.84. The first-order chi connectivity index (χ1) is 9.70. The lowest BCUT2D eigenvalue weighted by molar-refractivity contribution is 0.143. The Morgan fingerprint density at radius 2 is 2.15 bits per heavy atom. The lowest BCUT2D eigenvalue weighted by Gasteiger charge is -2.36. The van der Waals surface area contributed by atoms with E-state index in [1.807, 2.05) is 0 Å². The highest BCUT2D eigenvalue weighted by Gasteiger charge is 2.26. The molecule has 0 amide bonds. The summed E-state index contributed by atoms with van der Waals surface area (Å²) in [6.45, 7) is 4.56. The van der Waals surface area contributed by atoms with E-state index in [0.717, 1.165) is 12.1 Å². The van der Waals surface area contributed by atoms with Gasteiger partial charge >= 0.3 is 0 Å². The number of hydrogen-bond donors (Lipinski definition) is 1. The number of imidazole rings is 1. The fourth-order valence-corrected chi connectivity index (χ4v) is 3.29. The minimum Gasteiger partial charge on any atom is -0.330 e. The topological polar surface area (TPSA) is 33.1 Å². The van der Waals surface area contributed by atoms with Crippen LogP contribution in [0.25, 0.3) is 11.0 Å². The van der Waals surface area contributed by atoms with Crippen molar-refractivity contribution in [3.63, 3.8) is 0 Å². The predicted molar refractivity (Wildman–Crippen MR) is 82.8 cm³/mol. The van der Waals surface area contributed by atoms with Gasteiger partial charge < -0.3 is 9.88 Å². The molecule has 4 nitrogen and oxygen atoms in total. The van der Waals surface area contributed by atoms with Crippen LogP contribution in [0.1, 0.15) is 31.6 Å². The lowest BCUT2D eigenvalue weighted by Crippen LogP contribution is -2.45. The Bertz CT molecular complexity index is 589. The molecule has 1 aliphatic heterocycles. The molecular weight excluding hydrogens is 248 g/mol. The van der Waals surface area contributed by atoms with Gasteiger partial charge in [0.1, 0.15) is 5.82 Å². The minimum absolute atomic E-state index is 0.364. The van der Waals surface area contributed by atoms with Gasteiger partial charge in [-0.3, -0.25) is 4.90 Å². The molecular formula is C16H24N4. The molecule has 0 aliphatic carbocycles. The number of aromatic nitrogens is 2. The standard InChI is InChI=1S/C16H24N4/c1-12(20-10-6-7-13(11-20)17-2)16-18-14-8-4-5-9-15(14)19(16)3/h4-5,8-9,12-13,17H,6-7,10-11H2,1-3H3. The molecule has 1 aliphatic rings. The van der Waals surface area contributed by atoms with Gasteiger partial charge in [-0.2, -0.15) is 0 Å². The van der Waals surface area contributed by atoms with E-state index < -0.39 is 0 Å². The Kier molecular flexibility index (Phi) is 3.76. The summed E-state index contributed by atoms with van der Waals surface area (Å²) >= 11 is 0. The van der Waals surface area contributed by atoms with Crippen LogP contribution in [-0.2, 0) is 7.05 Å². The molecule has 1 saturated heterocycles. The van der Waals surface area contributed by atoms with Gasteiger partial charge in [-0.25, -0.2) is 4.98 Å². The quantitative estimate of drug-likeness (QED) is 0.931. The smallest absolute Gasteiger partial charge is 0.126 e. The molecule has 0 saturated carbocycles. The number of benzene rings is 1. The summed E-state index contributed by atoms with van der Waals surface area (Å²) in [5.41, 5.74) is 2.32. The van der Waals surface area contributed by atoms with Crippen molar-refractivity contribution in [3.05, 3.63) is 30.1 Å². The van der Waals surface area contributed by atoms with E-state index in [2.05, 4.69) is 60.1 Å². The van der Waals surface area contributed by atoms with Crippen molar-refractivity contribution >= 4 is 11.0 Å². The van der Waals surface area contributed by atoms with Crippen molar-refractivity contribution in [2.24, 2.45) is 7.05 Å². The average molecular weight is 272 g/mol. The number of nitrogens with zero attached hydrogens (tertiary/aromatic N) is 3. The molecule has 0 bridgehead atoms. The second-order valence-electron chi connectivity index (χ2n) is 5.82. The van der Waals surface area contributed by atoms with Crippen molar-refractivity contribution in [2.75, 3.05) is 20.1 Å². The van der Waals surface area contributed by atoms with Crippen LogP contribution in [0.2, 0.25) is 0 Å². The number of piperidine rings is 1. The summed E-state index contributed by atoms with van der Waals surface area (Å²) in [5.74, 6) is 1.17. The van der Waals surface area contributed by atoms with Crippen LogP contribution in [0, 0.1) is 0 Å². The molecule has 0 radical (unpaired) electrons.